The Bertz CT molecular complexity index is 1600. The summed E-state index contributed by atoms with van der Waals surface area (Å²) in [7, 11) is 7.46. The number of nitrogens with zero attached hydrogens (tertiary/aromatic N) is 6. The summed E-state index contributed by atoms with van der Waals surface area (Å²) in [5, 5.41) is 0.474. The van der Waals surface area contributed by atoms with Gasteiger partial charge in [-0.15, -0.1) is 0 Å². The highest BCUT2D eigenvalue weighted by Crippen LogP contribution is 2.38. The fourth-order valence-electron chi connectivity index (χ4n) is 3.85. The molecule has 0 saturated carbocycles. The van der Waals surface area contributed by atoms with Crippen LogP contribution >= 0.6 is 0 Å². The molecule has 0 N–H and O–H groups in total. The molecule has 1 aromatic carbocycles. The summed E-state index contributed by atoms with van der Waals surface area (Å²) in [5.41, 5.74) is 0.183. The van der Waals surface area contributed by atoms with Gasteiger partial charge in [0.05, 0.1) is 33.0 Å². The number of rotatable bonds is 7. The maximum atomic E-state index is 12.8. The quantitative estimate of drug-likeness (QED) is 0.371. The van der Waals surface area contributed by atoms with Crippen LogP contribution < -0.4 is 30.8 Å². The lowest BCUT2D eigenvalue weighted by atomic mass is 10.1. The fourth-order valence-corrected chi connectivity index (χ4v) is 3.85. The van der Waals surface area contributed by atoms with Crippen molar-refractivity contribution >= 4 is 17.1 Å². The first-order chi connectivity index (χ1) is 17.3. The highest BCUT2D eigenvalue weighted by molar-refractivity contribution is 5.96. The van der Waals surface area contributed by atoms with Gasteiger partial charge in [0, 0.05) is 45.1 Å². The van der Waals surface area contributed by atoms with Gasteiger partial charge >= 0.3 is 5.69 Å². The minimum absolute atomic E-state index is 0.296. The van der Waals surface area contributed by atoms with Crippen LogP contribution in [0.5, 0.6) is 17.2 Å². The van der Waals surface area contributed by atoms with E-state index in [1.807, 2.05) is 4.57 Å². The predicted octanol–water partition coefficient (Wildman–Crippen LogP) is 0.702. The van der Waals surface area contributed by atoms with Gasteiger partial charge in [0.15, 0.2) is 22.7 Å². The topological polar surface area (TPSA) is 124 Å². The molecule has 0 atom stereocenters. The molecule has 1 amide bonds. The number of aryl methyl sites for hydroxylation is 3. The third-order valence-corrected chi connectivity index (χ3v) is 5.83. The van der Waals surface area contributed by atoms with Crippen molar-refractivity contribution in [1.29, 1.82) is 0 Å². The summed E-state index contributed by atoms with van der Waals surface area (Å²) >= 11 is 0. The van der Waals surface area contributed by atoms with Crippen molar-refractivity contribution in [2.75, 3.05) is 21.3 Å². The first-order valence-electron chi connectivity index (χ1n) is 10.9. The van der Waals surface area contributed by atoms with E-state index in [9.17, 15) is 14.4 Å². The van der Waals surface area contributed by atoms with E-state index in [1.54, 1.807) is 54.6 Å². The Morgan fingerprint density at radius 3 is 2.17 bits per heavy atom. The van der Waals surface area contributed by atoms with Crippen molar-refractivity contribution in [3.8, 4) is 17.2 Å². The van der Waals surface area contributed by atoms with Crippen LogP contribution in [0.4, 0.5) is 0 Å². The Labute approximate surface area is 205 Å². The lowest BCUT2D eigenvalue weighted by Gasteiger charge is -2.12. The average molecular weight is 495 g/mol. The van der Waals surface area contributed by atoms with Gasteiger partial charge in [-0.2, -0.15) is 0 Å². The molecule has 4 aromatic rings. The molecule has 12 nitrogen and oxygen atoms in total. The van der Waals surface area contributed by atoms with Gasteiger partial charge in [0.25, 0.3) is 11.5 Å². The number of ether oxygens (including phenoxy) is 3. The third-order valence-electron chi connectivity index (χ3n) is 5.83. The molecule has 0 radical (unpaired) electrons. The van der Waals surface area contributed by atoms with E-state index < -0.39 is 17.2 Å². The number of fused-ring (bicyclic) bond motifs is 1. The van der Waals surface area contributed by atoms with Crippen molar-refractivity contribution in [3.63, 3.8) is 0 Å². The van der Waals surface area contributed by atoms with E-state index in [4.69, 9.17) is 14.2 Å². The maximum Gasteiger partial charge on any atom is 0.332 e. The summed E-state index contributed by atoms with van der Waals surface area (Å²) in [6, 6.07) is 6.52. The fraction of sp³-hybridized carbons (Fsp3) is 0.292. The van der Waals surface area contributed by atoms with E-state index in [2.05, 4.69) is 9.98 Å². The second-order valence-corrected chi connectivity index (χ2v) is 7.94. The van der Waals surface area contributed by atoms with Crippen LogP contribution in [0.3, 0.4) is 0 Å². The van der Waals surface area contributed by atoms with Crippen molar-refractivity contribution in [2.24, 2.45) is 19.1 Å². The van der Waals surface area contributed by atoms with E-state index in [0.717, 1.165) is 4.57 Å². The summed E-state index contributed by atoms with van der Waals surface area (Å²) < 4.78 is 21.9. The van der Waals surface area contributed by atoms with E-state index >= 15 is 0 Å². The molecule has 4 rings (SSSR count). The van der Waals surface area contributed by atoms with Crippen molar-refractivity contribution in [1.82, 2.24) is 23.3 Å². The van der Waals surface area contributed by atoms with Gasteiger partial charge in [0.2, 0.25) is 5.75 Å². The van der Waals surface area contributed by atoms with Gasteiger partial charge in [0.1, 0.15) is 0 Å². The predicted molar refractivity (Wildman–Crippen MR) is 131 cm³/mol. The Balaban J connectivity index is 1.54. The lowest BCUT2D eigenvalue weighted by molar-refractivity contribution is 0.0997. The molecule has 3 aromatic heterocycles. The molecule has 0 spiro atoms. The zero-order valence-electron chi connectivity index (χ0n) is 20.6. The minimum Gasteiger partial charge on any atom is -0.493 e. The monoisotopic (exact) mass is 494 g/mol. The molecular weight excluding hydrogens is 468 g/mol. The normalized spacial score (nSPS) is 10.9. The van der Waals surface area contributed by atoms with Crippen molar-refractivity contribution in [2.45, 2.75) is 13.1 Å². The molecule has 3 heterocycles. The molecular formula is C24H26N6O6. The molecule has 0 saturated heterocycles. The Kier molecular flexibility index (Phi) is 6.77. The number of carbonyl (C=O) groups excluding carboxylic acids is 1. The number of amides is 1. The zero-order chi connectivity index (χ0) is 26.0. The van der Waals surface area contributed by atoms with E-state index in [-0.39, 0.29) is 0 Å². The maximum absolute atomic E-state index is 12.8. The minimum atomic E-state index is -0.460. The number of methoxy groups -OCH3 is 3. The zero-order valence-corrected chi connectivity index (χ0v) is 20.6. The van der Waals surface area contributed by atoms with Crippen LogP contribution in [0, 0.1) is 0 Å². The number of imidazole rings is 1. The smallest absolute Gasteiger partial charge is 0.332 e. The van der Waals surface area contributed by atoms with Crippen LogP contribution in [-0.4, -0.2) is 50.5 Å². The molecule has 0 bridgehead atoms. The van der Waals surface area contributed by atoms with Crippen LogP contribution in [0.15, 0.2) is 57.6 Å². The van der Waals surface area contributed by atoms with Crippen LogP contribution in [0.25, 0.3) is 11.2 Å². The summed E-state index contributed by atoms with van der Waals surface area (Å²) in [4.78, 5) is 45.9. The van der Waals surface area contributed by atoms with Gasteiger partial charge in [-0.05, 0) is 24.3 Å². The van der Waals surface area contributed by atoms with E-state index in [1.165, 1.54) is 32.9 Å². The lowest BCUT2D eigenvalue weighted by Crippen LogP contribution is -2.37. The number of pyridine rings is 1. The van der Waals surface area contributed by atoms with Crippen molar-refractivity contribution < 1.29 is 19.0 Å². The highest BCUT2D eigenvalue weighted by atomic mass is 16.5. The number of hydrogen-bond donors (Lipinski definition) is 0. The molecule has 0 aliphatic heterocycles. The first-order valence-corrected chi connectivity index (χ1v) is 10.9. The summed E-state index contributed by atoms with van der Waals surface area (Å²) in [6.45, 7) is 0.980. The highest BCUT2D eigenvalue weighted by Gasteiger charge is 2.17. The molecule has 0 aliphatic rings. The van der Waals surface area contributed by atoms with E-state index in [0.29, 0.717) is 52.4 Å². The number of aromatic nitrogens is 5. The van der Waals surface area contributed by atoms with Crippen LogP contribution in [0.1, 0.15) is 10.4 Å². The van der Waals surface area contributed by atoms with Crippen LogP contribution in [0.2, 0.25) is 0 Å². The first kappa shape index (κ1) is 24.5. The number of hydrogen-bond acceptors (Lipinski definition) is 7. The SMILES string of the molecule is COc1cc(C(=O)N=c2ccn(CCn3cnc4c3c(=O)n(C)c(=O)n4C)cc2)cc(OC)c1OC. The molecule has 0 unspecified atom stereocenters. The van der Waals surface area contributed by atoms with Gasteiger partial charge in [-0.25, -0.2) is 14.8 Å². The van der Waals surface area contributed by atoms with Crippen molar-refractivity contribution in [3.05, 3.63) is 74.7 Å². The molecule has 188 valence electrons. The molecule has 36 heavy (non-hydrogen) atoms. The van der Waals surface area contributed by atoms with Gasteiger partial charge in [-0.1, -0.05) is 0 Å². The number of carbonyl (C=O) groups is 1. The largest absolute Gasteiger partial charge is 0.493 e. The van der Waals surface area contributed by atoms with Crippen LogP contribution in [-0.2, 0) is 27.2 Å². The summed E-state index contributed by atoms with van der Waals surface area (Å²) in [5.74, 6) is 0.660. The Hall–Kier alpha value is -4.61. The standard InChI is InChI=1S/C24H26N6O6/c1-27-21-19(23(32)28(2)24(27)33)30(14-25-21)11-10-29-8-6-16(7-9-29)26-22(31)15-12-17(34-3)20(36-5)18(13-15)35-4/h6-9,12-14H,10-11H2,1-5H3. The third kappa shape index (κ3) is 4.40. The average Bonchev–Trinajstić information content (AvgIpc) is 3.33. The molecule has 0 fully saturated rings. The molecule has 12 heteroatoms. The second kappa shape index (κ2) is 9.94. The number of benzene rings is 1. The Morgan fingerprint density at radius 2 is 1.58 bits per heavy atom. The second-order valence-electron chi connectivity index (χ2n) is 7.94. The van der Waals surface area contributed by atoms with Gasteiger partial charge < -0.3 is 23.3 Å². The summed E-state index contributed by atoms with van der Waals surface area (Å²) in [6.07, 6.45) is 5.12. The Morgan fingerprint density at radius 1 is 0.944 bits per heavy atom. The molecule has 0 aliphatic carbocycles. The van der Waals surface area contributed by atoms with Gasteiger partial charge in [-0.3, -0.25) is 18.7 Å².